The Morgan fingerprint density at radius 2 is 1.81 bits per heavy atom. The molecule has 1 saturated heterocycles. The van der Waals surface area contributed by atoms with Crippen molar-refractivity contribution in [1.29, 1.82) is 0 Å². The van der Waals surface area contributed by atoms with Gasteiger partial charge in [0.2, 0.25) is 0 Å². The number of piperidine rings is 1. The summed E-state index contributed by atoms with van der Waals surface area (Å²) in [5, 5.41) is 1.41. The van der Waals surface area contributed by atoms with Crippen molar-refractivity contribution in [2.45, 2.75) is 58.2 Å². The summed E-state index contributed by atoms with van der Waals surface area (Å²) in [7, 11) is 4.01. The Bertz CT molecular complexity index is 851. The molecular weight excluding hydrogens is 405 g/mol. The normalized spacial score (nSPS) is 17.1. The fourth-order valence-electron chi connectivity index (χ4n) is 4.29. The van der Waals surface area contributed by atoms with Crippen LogP contribution in [-0.4, -0.2) is 39.0 Å². The van der Waals surface area contributed by atoms with Crippen LogP contribution >= 0.6 is 8.58 Å². The van der Waals surface area contributed by atoms with Crippen molar-refractivity contribution in [3.63, 3.8) is 0 Å². The van der Waals surface area contributed by atoms with E-state index in [4.69, 9.17) is 14.2 Å². The number of methoxy groups -OCH3 is 2. The van der Waals surface area contributed by atoms with E-state index in [9.17, 15) is 0 Å². The van der Waals surface area contributed by atoms with Crippen LogP contribution in [0.1, 0.15) is 56.2 Å². The molecule has 2 aromatic rings. The van der Waals surface area contributed by atoms with E-state index in [1.165, 1.54) is 54.3 Å². The first-order chi connectivity index (χ1) is 15.0. The minimum atomic E-state index is -0.0521. The number of ether oxygens (including phenoxy) is 3. The van der Waals surface area contributed by atoms with Gasteiger partial charge in [-0.1, -0.05) is 52.6 Å². The largest absolute Gasteiger partial charge is 0.497 e. The number of benzene rings is 2. The molecule has 0 N–H and O–H groups in total. The second-order valence-electron chi connectivity index (χ2n) is 8.72. The monoisotopic (exact) mass is 443 g/mol. The summed E-state index contributed by atoms with van der Waals surface area (Å²) in [5.74, 6) is 1.74. The Kier molecular flexibility index (Phi) is 8.77. The van der Waals surface area contributed by atoms with Gasteiger partial charge < -0.3 is 14.2 Å². The standard InChI is InChI=1S/C26H38NO3P/c1-6-26(3,23-17-22(29-5)11-12-24(23)30-19-28-4)31-25-13-10-20(2)16-21(25)18-27-14-8-7-9-15-27/h10-13,16-17,31H,6-9,14-15,18-19H2,1-5H3. The molecule has 0 radical (unpaired) electrons. The molecule has 1 heterocycles. The molecule has 4 nitrogen and oxygen atoms in total. The van der Waals surface area contributed by atoms with Crippen molar-refractivity contribution in [2.75, 3.05) is 34.1 Å². The Morgan fingerprint density at radius 3 is 2.48 bits per heavy atom. The first-order valence-corrected chi connectivity index (χ1v) is 12.4. The van der Waals surface area contributed by atoms with Crippen LogP contribution in [-0.2, 0) is 16.4 Å². The number of hydrogen-bond acceptors (Lipinski definition) is 4. The summed E-state index contributed by atoms with van der Waals surface area (Å²) in [5.41, 5.74) is 4.00. The van der Waals surface area contributed by atoms with Gasteiger partial charge in [0.05, 0.1) is 7.11 Å². The number of likely N-dealkylation sites (tertiary alicyclic amines) is 1. The Balaban J connectivity index is 1.94. The summed E-state index contributed by atoms with van der Waals surface area (Å²) in [4.78, 5) is 2.62. The first-order valence-electron chi connectivity index (χ1n) is 11.4. The van der Waals surface area contributed by atoms with Gasteiger partial charge in [0, 0.05) is 24.4 Å². The zero-order valence-corrected chi connectivity index (χ0v) is 20.8. The summed E-state index contributed by atoms with van der Waals surface area (Å²) in [6.07, 6.45) is 5.02. The van der Waals surface area contributed by atoms with E-state index in [1.807, 2.05) is 12.1 Å². The zero-order valence-electron chi connectivity index (χ0n) is 19.8. The minimum Gasteiger partial charge on any atom is -0.497 e. The van der Waals surface area contributed by atoms with Gasteiger partial charge in [0.1, 0.15) is 11.5 Å². The van der Waals surface area contributed by atoms with Gasteiger partial charge >= 0.3 is 0 Å². The summed E-state index contributed by atoms with van der Waals surface area (Å²) in [6.45, 7) is 10.5. The molecule has 0 amide bonds. The molecule has 170 valence electrons. The van der Waals surface area contributed by atoms with Crippen molar-refractivity contribution in [3.05, 3.63) is 53.1 Å². The van der Waals surface area contributed by atoms with Gasteiger partial charge in [0.25, 0.3) is 0 Å². The average molecular weight is 444 g/mol. The SMILES string of the molecule is CCC(C)(Pc1ccc(C)cc1CN1CCCCC1)c1cc(OC)ccc1OCOC. The van der Waals surface area contributed by atoms with Crippen LogP contribution in [0.4, 0.5) is 0 Å². The maximum absolute atomic E-state index is 5.96. The maximum Gasteiger partial charge on any atom is 0.188 e. The topological polar surface area (TPSA) is 30.9 Å². The average Bonchev–Trinajstić information content (AvgIpc) is 2.80. The first kappa shape index (κ1) is 24.0. The molecule has 2 unspecified atom stereocenters. The second-order valence-corrected chi connectivity index (χ2v) is 10.6. The van der Waals surface area contributed by atoms with E-state index in [-0.39, 0.29) is 11.9 Å². The number of hydrogen-bond donors (Lipinski definition) is 0. The smallest absolute Gasteiger partial charge is 0.188 e. The highest BCUT2D eigenvalue weighted by Gasteiger charge is 2.30. The Morgan fingerprint density at radius 1 is 1.03 bits per heavy atom. The van der Waals surface area contributed by atoms with Crippen molar-refractivity contribution in [3.8, 4) is 11.5 Å². The van der Waals surface area contributed by atoms with E-state index >= 15 is 0 Å². The molecule has 3 rings (SSSR count). The maximum atomic E-state index is 5.96. The van der Waals surface area contributed by atoms with Crippen LogP contribution in [0.3, 0.4) is 0 Å². The van der Waals surface area contributed by atoms with Crippen LogP contribution in [0.25, 0.3) is 0 Å². The molecular formula is C26H38NO3P. The van der Waals surface area contributed by atoms with E-state index in [0.717, 1.165) is 24.5 Å². The Hall–Kier alpha value is -1.61. The molecule has 2 atom stereocenters. The summed E-state index contributed by atoms with van der Waals surface area (Å²) < 4.78 is 16.7. The fourth-order valence-corrected chi connectivity index (χ4v) is 5.87. The van der Waals surface area contributed by atoms with Crippen molar-refractivity contribution in [2.24, 2.45) is 0 Å². The molecule has 1 aliphatic heterocycles. The summed E-state index contributed by atoms with van der Waals surface area (Å²) >= 11 is 0. The predicted octanol–water partition coefficient (Wildman–Crippen LogP) is 5.60. The third kappa shape index (κ3) is 6.22. The second kappa shape index (κ2) is 11.3. The van der Waals surface area contributed by atoms with E-state index in [0.29, 0.717) is 8.58 Å². The highest BCUT2D eigenvalue weighted by atomic mass is 31.1. The van der Waals surface area contributed by atoms with Gasteiger partial charge in [-0.05, 0) is 68.3 Å². The summed E-state index contributed by atoms with van der Waals surface area (Å²) in [6, 6.07) is 13.1. The number of nitrogens with zero attached hydrogens (tertiary/aromatic N) is 1. The Labute approximate surface area is 190 Å². The molecule has 5 heteroatoms. The quantitative estimate of drug-likeness (QED) is 0.353. The van der Waals surface area contributed by atoms with Crippen LogP contribution < -0.4 is 14.8 Å². The van der Waals surface area contributed by atoms with Gasteiger partial charge in [-0.15, -0.1) is 0 Å². The number of aryl methyl sites for hydroxylation is 1. The lowest BCUT2D eigenvalue weighted by atomic mass is 9.96. The van der Waals surface area contributed by atoms with E-state index in [2.05, 4.69) is 49.9 Å². The highest BCUT2D eigenvalue weighted by Crippen LogP contribution is 2.48. The highest BCUT2D eigenvalue weighted by molar-refractivity contribution is 7.48. The molecule has 1 fully saturated rings. The van der Waals surface area contributed by atoms with Gasteiger partial charge in [0.15, 0.2) is 6.79 Å². The van der Waals surface area contributed by atoms with Crippen LogP contribution in [0.5, 0.6) is 11.5 Å². The molecule has 0 saturated carbocycles. The molecule has 0 spiro atoms. The minimum absolute atomic E-state index is 0.0521. The van der Waals surface area contributed by atoms with Crippen molar-refractivity contribution < 1.29 is 14.2 Å². The van der Waals surface area contributed by atoms with Gasteiger partial charge in [-0.2, -0.15) is 0 Å². The van der Waals surface area contributed by atoms with E-state index in [1.54, 1.807) is 14.2 Å². The lowest BCUT2D eigenvalue weighted by molar-refractivity contribution is 0.0500. The van der Waals surface area contributed by atoms with Gasteiger partial charge in [-0.25, -0.2) is 0 Å². The third-order valence-corrected chi connectivity index (χ3v) is 8.27. The zero-order chi connectivity index (χ0) is 22.3. The molecule has 2 aromatic carbocycles. The molecule has 0 aliphatic carbocycles. The van der Waals surface area contributed by atoms with Crippen molar-refractivity contribution >= 4 is 13.9 Å². The molecule has 0 aromatic heterocycles. The predicted molar refractivity (Wildman–Crippen MR) is 131 cm³/mol. The van der Waals surface area contributed by atoms with Gasteiger partial charge in [-0.3, -0.25) is 4.90 Å². The number of rotatable bonds is 10. The lowest BCUT2D eigenvalue weighted by Gasteiger charge is -2.33. The van der Waals surface area contributed by atoms with Crippen LogP contribution in [0.2, 0.25) is 0 Å². The third-order valence-electron chi connectivity index (χ3n) is 6.33. The fraction of sp³-hybridized carbons (Fsp3) is 0.538. The lowest BCUT2D eigenvalue weighted by Crippen LogP contribution is -2.31. The van der Waals surface area contributed by atoms with E-state index < -0.39 is 0 Å². The van der Waals surface area contributed by atoms with Crippen LogP contribution in [0.15, 0.2) is 36.4 Å². The van der Waals surface area contributed by atoms with Crippen molar-refractivity contribution in [1.82, 2.24) is 4.90 Å². The molecule has 0 bridgehead atoms. The van der Waals surface area contributed by atoms with Crippen LogP contribution in [0, 0.1) is 6.92 Å². The molecule has 31 heavy (non-hydrogen) atoms. The molecule has 1 aliphatic rings.